The maximum Gasteiger partial charge on any atom is 0.260 e. The zero-order chi connectivity index (χ0) is 19.9. The number of benzene rings is 1. The van der Waals surface area contributed by atoms with E-state index in [-0.39, 0.29) is 18.4 Å². The summed E-state index contributed by atoms with van der Waals surface area (Å²) >= 11 is 1.62. The average molecular weight is 402 g/mol. The Labute approximate surface area is 170 Å². The van der Waals surface area contributed by atoms with Crippen molar-refractivity contribution in [3.05, 3.63) is 45.9 Å². The second-order valence-electron chi connectivity index (χ2n) is 7.09. The highest BCUT2D eigenvalue weighted by atomic mass is 32.1. The molecule has 1 aromatic heterocycles. The van der Waals surface area contributed by atoms with E-state index in [2.05, 4.69) is 4.98 Å². The molecule has 0 radical (unpaired) electrons. The summed E-state index contributed by atoms with van der Waals surface area (Å²) in [7, 11) is 1.81. The quantitative estimate of drug-likeness (QED) is 0.715. The number of rotatable bonds is 7. The van der Waals surface area contributed by atoms with Gasteiger partial charge in [-0.2, -0.15) is 0 Å². The third-order valence-electron chi connectivity index (χ3n) is 5.04. The van der Waals surface area contributed by atoms with Crippen molar-refractivity contribution in [2.75, 3.05) is 33.3 Å². The van der Waals surface area contributed by atoms with Gasteiger partial charge in [0.2, 0.25) is 0 Å². The molecule has 0 atom stereocenters. The topological polar surface area (TPSA) is 62.7 Å². The van der Waals surface area contributed by atoms with E-state index in [1.807, 2.05) is 17.3 Å². The van der Waals surface area contributed by atoms with Gasteiger partial charge in [-0.15, -0.1) is 11.3 Å². The first kappa shape index (κ1) is 20.3. The summed E-state index contributed by atoms with van der Waals surface area (Å²) < 4.78 is 5.60. The molecule has 2 heterocycles. The van der Waals surface area contributed by atoms with Crippen molar-refractivity contribution in [2.45, 2.75) is 32.6 Å². The molecule has 0 saturated carbocycles. The van der Waals surface area contributed by atoms with Crippen LogP contribution in [0.5, 0.6) is 5.75 Å². The van der Waals surface area contributed by atoms with Crippen LogP contribution in [0.4, 0.5) is 0 Å². The molecule has 1 aliphatic rings. The van der Waals surface area contributed by atoms with E-state index < -0.39 is 0 Å². The largest absolute Gasteiger partial charge is 0.484 e. The van der Waals surface area contributed by atoms with Crippen molar-refractivity contribution < 1.29 is 14.3 Å². The van der Waals surface area contributed by atoms with Crippen LogP contribution in [0.15, 0.2) is 29.8 Å². The Hall–Kier alpha value is -2.41. The van der Waals surface area contributed by atoms with Gasteiger partial charge in [0.25, 0.3) is 11.8 Å². The fourth-order valence-corrected chi connectivity index (χ4v) is 4.00. The number of carbonyl (C=O) groups is 2. The third kappa shape index (κ3) is 5.32. The molecule has 2 amide bonds. The van der Waals surface area contributed by atoms with E-state index in [0.29, 0.717) is 17.9 Å². The number of aromatic nitrogens is 1. The van der Waals surface area contributed by atoms with E-state index >= 15 is 0 Å². The Morgan fingerprint density at radius 2 is 1.89 bits per heavy atom. The minimum atomic E-state index is -0.0295. The summed E-state index contributed by atoms with van der Waals surface area (Å²) in [5.74, 6) is 0.598. The number of thiazole rings is 1. The molecule has 1 saturated heterocycles. The molecule has 0 spiro atoms. The van der Waals surface area contributed by atoms with Crippen LogP contribution in [-0.2, 0) is 11.2 Å². The normalized spacial score (nSPS) is 14.0. The third-order valence-corrected chi connectivity index (χ3v) is 6.03. The van der Waals surface area contributed by atoms with Gasteiger partial charge in [-0.3, -0.25) is 9.59 Å². The summed E-state index contributed by atoms with van der Waals surface area (Å²) in [6, 6.07) is 6.99. The van der Waals surface area contributed by atoms with Gasteiger partial charge in [-0.1, -0.05) is 0 Å². The molecule has 6 nitrogen and oxygen atoms in total. The van der Waals surface area contributed by atoms with Gasteiger partial charge in [0.15, 0.2) is 6.61 Å². The molecule has 0 N–H and O–H groups in total. The molecule has 1 aromatic carbocycles. The molecule has 0 unspecified atom stereocenters. The van der Waals surface area contributed by atoms with Gasteiger partial charge in [0.05, 0.1) is 11.2 Å². The highest BCUT2D eigenvalue weighted by Gasteiger charge is 2.17. The summed E-state index contributed by atoms with van der Waals surface area (Å²) in [6.07, 6.45) is 4.13. The van der Waals surface area contributed by atoms with Gasteiger partial charge in [0.1, 0.15) is 5.75 Å². The molecule has 1 aliphatic heterocycles. The lowest BCUT2D eigenvalue weighted by molar-refractivity contribution is -0.134. The first-order valence-corrected chi connectivity index (χ1v) is 10.6. The number of hydrogen-bond donors (Lipinski definition) is 0. The van der Waals surface area contributed by atoms with Gasteiger partial charge in [-0.05, 0) is 50.5 Å². The van der Waals surface area contributed by atoms with Crippen LogP contribution in [0.1, 0.15) is 40.2 Å². The molecule has 150 valence electrons. The lowest BCUT2D eigenvalue weighted by Gasteiger charge is -2.26. The molecule has 2 aromatic rings. The van der Waals surface area contributed by atoms with Gasteiger partial charge in [0, 0.05) is 43.5 Å². The Morgan fingerprint density at radius 3 is 2.54 bits per heavy atom. The van der Waals surface area contributed by atoms with Gasteiger partial charge < -0.3 is 14.5 Å². The van der Waals surface area contributed by atoms with E-state index in [9.17, 15) is 9.59 Å². The monoisotopic (exact) mass is 401 g/mol. The minimum Gasteiger partial charge on any atom is -0.484 e. The predicted molar refractivity (Wildman–Crippen MR) is 110 cm³/mol. The summed E-state index contributed by atoms with van der Waals surface area (Å²) in [4.78, 5) is 33.8. The summed E-state index contributed by atoms with van der Waals surface area (Å²) in [5.41, 5.74) is 3.48. The van der Waals surface area contributed by atoms with Crippen LogP contribution in [0, 0.1) is 6.92 Å². The molecule has 28 heavy (non-hydrogen) atoms. The van der Waals surface area contributed by atoms with Crippen molar-refractivity contribution in [1.29, 1.82) is 0 Å². The predicted octanol–water partition coefficient (Wildman–Crippen LogP) is 3.16. The fourth-order valence-electron chi connectivity index (χ4n) is 3.23. The molecule has 1 fully saturated rings. The van der Waals surface area contributed by atoms with Crippen molar-refractivity contribution in [3.63, 3.8) is 0 Å². The van der Waals surface area contributed by atoms with Crippen LogP contribution in [0.25, 0.3) is 0 Å². The number of nitrogens with zero attached hydrogens (tertiary/aromatic N) is 3. The highest BCUT2D eigenvalue weighted by molar-refractivity contribution is 7.09. The zero-order valence-electron chi connectivity index (χ0n) is 16.5. The Morgan fingerprint density at radius 1 is 1.18 bits per heavy atom. The van der Waals surface area contributed by atoms with Crippen molar-refractivity contribution >= 4 is 23.2 Å². The smallest absolute Gasteiger partial charge is 0.260 e. The first-order chi connectivity index (χ1) is 13.5. The van der Waals surface area contributed by atoms with Crippen molar-refractivity contribution in [2.24, 2.45) is 0 Å². The lowest BCUT2D eigenvalue weighted by Crippen LogP contribution is -2.38. The maximum absolute atomic E-state index is 12.6. The first-order valence-electron chi connectivity index (χ1n) is 9.69. The number of ether oxygens (including phenoxy) is 1. The summed E-state index contributed by atoms with van der Waals surface area (Å²) in [5, 5.41) is 0. The van der Waals surface area contributed by atoms with Gasteiger partial charge >= 0.3 is 0 Å². The number of hydrogen-bond acceptors (Lipinski definition) is 5. The second kappa shape index (κ2) is 9.68. The molecule has 7 heteroatoms. The number of aryl methyl sites for hydroxylation is 1. The number of piperidine rings is 1. The van der Waals surface area contributed by atoms with E-state index in [4.69, 9.17) is 4.74 Å². The average Bonchev–Trinajstić information content (AvgIpc) is 3.15. The number of amides is 2. The minimum absolute atomic E-state index is 0.0259. The number of likely N-dealkylation sites (tertiary alicyclic amines) is 1. The fraction of sp³-hybridized carbons (Fsp3) is 0.476. The van der Waals surface area contributed by atoms with E-state index in [1.165, 1.54) is 11.3 Å². The number of likely N-dealkylation sites (N-methyl/N-ethyl adjacent to an activating group) is 1. The number of carbonyl (C=O) groups excluding carboxylic acids is 2. The Bertz CT molecular complexity index is 797. The Balaban J connectivity index is 1.48. The second-order valence-corrected chi connectivity index (χ2v) is 8.03. The lowest BCUT2D eigenvalue weighted by atomic mass is 10.1. The summed E-state index contributed by atoms with van der Waals surface area (Å²) in [6.45, 7) is 4.32. The standard InChI is InChI=1S/C21H27N3O3S/c1-16-19(28-15-22-16)10-13-23(2)21(26)17-6-8-18(9-7-17)27-14-20(25)24-11-4-3-5-12-24/h6-9,15H,3-5,10-14H2,1-2H3. The van der Waals surface area contributed by atoms with Crippen LogP contribution in [0.2, 0.25) is 0 Å². The zero-order valence-corrected chi connectivity index (χ0v) is 17.3. The van der Waals surface area contributed by atoms with Crippen molar-refractivity contribution in [3.8, 4) is 5.75 Å². The molecule has 3 rings (SSSR count). The van der Waals surface area contributed by atoms with Crippen LogP contribution >= 0.6 is 11.3 Å². The highest BCUT2D eigenvalue weighted by Crippen LogP contribution is 2.16. The SMILES string of the molecule is Cc1ncsc1CCN(C)C(=O)c1ccc(OCC(=O)N2CCCCC2)cc1. The Kier molecular flexibility index (Phi) is 7.03. The molecular weight excluding hydrogens is 374 g/mol. The van der Waals surface area contributed by atoms with Gasteiger partial charge in [-0.25, -0.2) is 4.98 Å². The van der Waals surface area contributed by atoms with Crippen LogP contribution in [0.3, 0.4) is 0 Å². The molecule has 0 aliphatic carbocycles. The van der Waals surface area contributed by atoms with E-state index in [0.717, 1.165) is 38.0 Å². The molecular formula is C21H27N3O3S. The van der Waals surface area contributed by atoms with Crippen LogP contribution < -0.4 is 4.74 Å². The van der Waals surface area contributed by atoms with E-state index in [1.54, 1.807) is 47.5 Å². The van der Waals surface area contributed by atoms with Crippen LogP contribution in [-0.4, -0.2) is 59.9 Å². The van der Waals surface area contributed by atoms with Crippen molar-refractivity contribution in [1.82, 2.24) is 14.8 Å². The molecule has 0 bridgehead atoms. The maximum atomic E-state index is 12.6.